The van der Waals surface area contributed by atoms with Gasteiger partial charge in [-0.2, -0.15) is 0 Å². The van der Waals surface area contributed by atoms with Crippen molar-refractivity contribution >= 4 is 43.4 Å². The average Bonchev–Trinajstić information content (AvgIpc) is 3.02. The number of rotatable bonds is 0. The van der Waals surface area contributed by atoms with Gasteiger partial charge in [0.25, 0.3) is 0 Å². The number of aryl methyl sites for hydroxylation is 2. The standard InChI is InChI=1S/C19H14N2S/c1-11-7-8-16-13(9-11)14-10-15-12-5-3-4-6-17(12)21(2)19(15)22-18(14)20-16/h3-10H,1-2H3. The Morgan fingerprint density at radius 2 is 1.82 bits per heavy atom. The molecule has 106 valence electrons. The lowest BCUT2D eigenvalue weighted by Crippen LogP contribution is -1.84. The Morgan fingerprint density at radius 3 is 2.73 bits per heavy atom. The average molecular weight is 302 g/mol. The molecule has 2 aliphatic heterocycles. The number of benzene rings is 2. The SMILES string of the molecule is Cc1ccc2nc3sc4c(cc-3c2c1)c1ccccc1n4C. The van der Waals surface area contributed by atoms with E-state index in [0.717, 1.165) is 10.5 Å². The predicted molar refractivity (Wildman–Crippen MR) is 95.0 cm³/mol. The fourth-order valence-corrected chi connectivity index (χ4v) is 4.48. The molecule has 0 aliphatic carbocycles. The second kappa shape index (κ2) is 4.08. The van der Waals surface area contributed by atoms with Gasteiger partial charge in [0.15, 0.2) is 0 Å². The van der Waals surface area contributed by atoms with Gasteiger partial charge in [-0.3, -0.25) is 0 Å². The van der Waals surface area contributed by atoms with Gasteiger partial charge in [-0.15, -0.1) is 0 Å². The molecule has 0 bridgehead atoms. The predicted octanol–water partition coefficient (Wildman–Crippen LogP) is 5.35. The largest absolute Gasteiger partial charge is 0.335 e. The Morgan fingerprint density at radius 1 is 0.955 bits per heavy atom. The first-order chi connectivity index (χ1) is 10.7. The second-order valence-corrected chi connectivity index (χ2v) is 6.87. The number of hydrogen-bond donors (Lipinski definition) is 0. The van der Waals surface area contributed by atoms with Crippen LogP contribution in [0.4, 0.5) is 0 Å². The lowest BCUT2D eigenvalue weighted by molar-refractivity contribution is 1.02. The van der Waals surface area contributed by atoms with Gasteiger partial charge in [0.05, 0.1) is 5.52 Å². The van der Waals surface area contributed by atoms with Crippen molar-refractivity contribution in [3.05, 3.63) is 54.1 Å². The van der Waals surface area contributed by atoms with Crippen molar-refractivity contribution < 1.29 is 0 Å². The summed E-state index contributed by atoms with van der Waals surface area (Å²) in [6, 6.07) is 17.4. The molecule has 5 rings (SSSR count). The summed E-state index contributed by atoms with van der Waals surface area (Å²) in [4.78, 5) is 6.11. The van der Waals surface area contributed by atoms with Gasteiger partial charge in [-0.05, 0) is 31.2 Å². The van der Waals surface area contributed by atoms with Crippen LogP contribution in [-0.2, 0) is 7.05 Å². The maximum Gasteiger partial charge on any atom is 0.126 e. The second-order valence-electron chi connectivity index (χ2n) is 5.89. The summed E-state index contributed by atoms with van der Waals surface area (Å²) < 4.78 is 2.28. The molecule has 0 unspecified atom stereocenters. The van der Waals surface area contributed by atoms with Crippen molar-refractivity contribution in [2.24, 2.45) is 7.05 Å². The quantitative estimate of drug-likeness (QED) is 0.377. The van der Waals surface area contributed by atoms with E-state index in [2.05, 4.69) is 67.1 Å². The highest BCUT2D eigenvalue weighted by Crippen LogP contribution is 2.41. The molecular weight excluding hydrogens is 288 g/mol. The van der Waals surface area contributed by atoms with Crippen molar-refractivity contribution in [3.8, 4) is 10.6 Å². The molecule has 0 radical (unpaired) electrons. The summed E-state index contributed by atoms with van der Waals surface area (Å²) in [6.45, 7) is 2.14. The normalized spacial score (nSPS) is 12.1. The van der Waals surface area contributed by atoms with Gasteiger partial charge < -0.3 is 4.57 Å². The molecule has 2 nitrogen and oxygen atoms in total. The zero-order valence-electron chi connectivity index (χ0n) is 12.4. The van der Waals surface area contributed by atoms with E-state index >= 15 is 0 Å². The summed E-state index contributed by atoms with van der Waals surface area (Å²) in [5, 5.41) is 5.03. The molecule has 0 saturated carbocycles. The topological polar surface area (TPSA) is 17.8 Å². The van der Waals surface area contributed by atoms with Crippen LogP contribution in [-0.4, -0.2) is 9.55 Å². The minimum atomic E-state index is 1.09. The van der Waals surface area contributed by atoms with E-state index < -0.39 is 0 Å². The third-order valence-electron chi connectivity index (χ3n) is 4.47. The van der Waals surface area contributed by atoms with Crippen LogP contribution in [0.3, 0.4) is 0 Å². The van der Waals surface area contributed by atoms with Crippen LogP contribution in [0.2, 0.25) is 0 Å². The van der Waals surface area contributed by atoms with E-state index in [-0.39, 0.29) is 0 Å². The summed E-state index contributed by atoms with van der Waals surface area (Å²) in [6.07, 6.45) is 0. The van der Waals surface area contributed by atoms with Gasteiger partial charge in [0, 0.05) is 34.3 Å². The van der Waals surface area contributed by atoms with E-state index in [1.807, 2.05) is 0 Å². The first-order valence-electron chi connectivity index (χ1n) is 7.39. The molecule has 1 aromatic heterocycles. The van der Waals surface area contributed by atoms with Crippen molar-refractivity contribution in [1.82, 2.24) is 9.55 Å². The van der Waals surface area contributed by atoms with Gasteiger partial charge in [-0.1, -0.05) is 41.2 Å². The number of nitrogens with zero attached hydrogens (tertiary/aromatic N) is 2. The molecule has 0 fully saturated rings. The summed E-state index contributed by atoms with van der Waals surface area (Å²) >= 11 is 1.79. The highest BCUT2D eigenvalue weighted by molar-refractivity contribution is 7.21. The van der Waals surface area contributed by atoms with E-state index in [0.29, 0.717) is 0 Å². The molecule has 22 heavy (non-hydrogen) atoms. The molecule has 3 aromatic rings. The van der Waals surface area contributed by atoms with E-state index in [1.165, 1.54) is 37.6 Å². The van der Waals surface area contributed by atoms with Crippen LogP contribution in [0.25, 0.3) is 42.6 Å². The molecule has 0 atom stereocenters. The van der Waals surface area contributed by atoms with Gasteiger partial charge in [0.1, 0.15) is 9.84 Å². The van der Waals surface area contributed by atoms with Crippen LogP contribution in [0.15, 0.2) is 48.5 Å². The van der Waals surface area contributed by atoms with Crippen LogP contribution < -0.4 is 0 Å². The number of fused-ring (bicyclic) bond motifs is 6. The molecule has 0 spiro atoms. The smallest absolute Gasteiger partial charge is 0.126 e. The maximum atomic E-state index is 4.82. The Balaban J connectivity index is 2.03. The minimum absolute atomic E-state index is 1.09. The Labute approximate surface area is 132 Å². The van der Waals surface area contributed by atoms with Crippen molar-refractivity contribution in [2.45, 2.75) is 6.92 Å². The third-order valence-corrected chi connectivity index (χ3v) is 5.66. The van der Waals surface area contributed by atoms with Crippen molar-refractivity contribution in [1.29, 1.82) is 0 Å². The van der Waals surface area contributed by atoms with E-state index in [1.54, 1.807) is 11.3 Å². The molecule has 3 heteroatoms. The highest BCUT2D eigenvalue weighted by Gasteiger charge is 2.17. The number of aromatic nitrogens is 2. The van der Waals surface area contributed by atoms with Gasteiger partial charge in [-0.25, -0.2) is 4.98 Å². The summed E-state index contributed by atoms with van der Waals surface area (Å²) in [5.41, 5.74) is 4.93. The third kappa shape index (κ3) is 1.46. The lowest BCUT2D eigenvalue weighted by Gasteiger charge is -2.00. The van der Waals surface area contributed by atoms with Gasteiger partial charge >= 0.3 is 0 Å². The summed E-state index contributed by atoms with van der Waals surface area (Å²) in [5.74, 6) is 0. The maximum absolute atomic E-state index is 4.82. The van der Waals surface area contributed by atoms with Crippen LogP contribution in [0.1, 0.15) is 5.56 Å². The molecule has 0 amide bonds. The molecule has 0 N–H and O–H groups in total. The lowest BCUT2D eigenvalue weighted by atomic mass is 10.1. The minimum Gasteiger partial charge on any atom is -0.335 e. The zero-order valence-corrected chi connectivity index (χ0v) is 13.2. The summed E-state index contributed by atoms with van der Waals surface area (Å²) in [7, 11) is 2.14. The fourth-order valence-electron chi connectivity index (χ4n) is 3.36. The van der Waals surface area contributed by atoms with Crippen LogP contribution in [0.5, 0.6) is 0 Å². The fraction of sp³-hybridized carbons (Fsp3) is 0.105. The monoisotopic (exact) mass is 302 g/mol. The highest BCUT2D eigenvalue weighted by atomic mass is 32.1. The Kier molecular flexibility index (Phi) is 2.26. The van der Waals surface area contributed by atoms with E-state index in [9.17, 15) is 0 Å². The molecule has 2 aromatic carbocycles. The molecule has 2 aliphatic rings. The molecule has 0 saturated heterocycles. The molecular formula is C19H14N2S. The van der Waals surface area contributed by atoms with Crippen LogP contribution in [0, 0.1) is 6.92 Å². The first kappa shape index (κ1) is 12.2. The van der Waals surface area contributed by atoms with Gasteiger partial charge in [0.2, 0.25) is 0 Å². The van der Waals surface area contributed by atoms with Crippen molar-refractivity contribution in [3.63, 3.8) is 0 Å². The molecule has 3 heterocycles. The van der Waals surface area contributed by atoms with Crippen LogP contribution >= 0.6 is 11.3 Å². The zero-order chi connectivity index (χ0) is 14.8. The Bertz CT molecular complexity index is 1150. The number of para-hydroxylation sites is 1. The number of hydrogen-bond acceptors (Lipinski definition) is 2. The Hall–Kier alpha value is -2.39. The van der Waals surface area contributed by atoms with Crippen molar-refractivity contribution in [2.75, 3.05) is 0 Å². The van der Waals surface area contributed by atoms with E-state index in [4.69, 9.17) is 4.98 Å². The first-order valence-corrected chi connectivity index (χ1v) is 8.21.